The average Bonchev–Trinajstić information content (AvgIpc) is 2.51. The second kappa shape index (κ2) is 7.38. The number of hydrogen-bond acceptors (Lipinski definition) is 2. The molecular formula is C17H19BrN2O. The van der Waals surface area contributed by atoms with Gasteiger partial charge < -0.3 is 10.6 Å². The van der Waals surface area contributed by atoms with Gasteiger partial charge in [0.2, 0.25) is 5.91 Å². The van der Waals surface area contributed by atoms with Gasteiger partial charge in [-0.25, -0.2) is 0 Å². The van der Waals surface area contributed by atoms with Crippen LogP contribution in [0.3, 0.4) is 0 Å². The predicted molar refractivity (Wildman–Crippen MR) is 88.9 cm³/mol. The molecule has 2 aromatic carbocycles. The monoisotopic (exact) mass is 346 g/mol. The van der Waals surface area contributed by atoms with Gasteiger partial charge >= 0.3 is 0 Å². The molecule has 0 saturated heterocycles. The molecule has 1 unspecified atom stereocenters. The van der Waals surface area contributed by atoms with Crippen LogP contribution in [0.2, 0.25) is 0 Å². The van der Waals surface area contributed by atoms with Crippen molar-refractivity contribution >= 4 is 21.8 Å². The summed E-state index contributed by atoms with van der Waals surface area (Å²) in [5.74, 6) is -0.238. The fraction of sp³-hybridized carbons (Fsp3) is 0.235. The topological polar surface area (TPSA) is 46.3 Å². The van der Waals surface area contributed by atoms with Crippen LogP contribution in [0.4, 0.5) is 0 Å². The molecule has 1 atom stereocenters. The van der Waals surface area contributed by atoms with Gasteiger partial charge in [-0.3, -0.25) is 4.79 Å². The molecule has 0 aliphatic carbocycles. The minimum absolute atomic E-state index is 0.0478. The van der Waals surface area contributed by atoms with Crippen molar-refractivity contribution in [3.05, 3.63) is 70.2 Å². The van der Waals surface area contributed by atoms with E-state index < -0.39 is 0 Å². The van der Waals surface area contributed by atoms with E-state index in [2.05, 4.69) is 15.9 Å². The largest absolute Gasteiger partial charge is 0.341 e. The molecule has 0 fully saturated rings. The van der Waals surface area contributed by atoms with Crippen LogP contribution < -0.4 is 5.73 Å². The van der Waals surface area contributed by atoms with Crippen molar-refractivity contribution in [2.75, 3.05) is 13.6 Å². The molecule has 21 heavy (non-hydrogen) atoms. The molecule has 1 amide bonds. The molecule has 3 nitrogen and oxygen atoms in total. The number of likely N-dealkylation sites (N-methyl/N-ethyl adjacent to an activating group) is 1. The zero-order chi connectivity index (χ0) is 15.2. The number of benzene rings is 2. The van der Waals surface area contributed by atoms with Crippen LogP contribution in [-0.4, -0.2) is 24.4 Å². The number of carbonyl (C=O) groups is 1. The Labute approximate surface area is 133 Å². The second-order valence-corrected chi connectivity index (χ2v) is 5.94. The average molecular weight is 347 g/mol. The van der Waals surface area contributed by atoms with E-state index in [1.807, 2.05) is 61.6 Å². The minimum Gasteiger partial charge on any atom is -0.341 e. The smallest absolute Gasteiger partial charge is 0.231 e. The molecule has 2 rings (SSSR count). The third kappa shape index (κ3) is 4.16. The summed E-state index contributed by atoms with van der Waals surface area (Å²) in [6, 6.07) is 17.7. The fourth-order valence-corrected chi connectivity index (χ4v) is 2.54. The van der Waals surface area contributed by atoms with Crippen LogP contribution in [0.25, 0.3) is 0 Å². The second-order valence-electron chi connectivity index (χ2n) is 5.02. The van der Waals surface area contributed by atoms with Gasteiger partial charge in [0.1, 0.15) is 0 Å². The van der Waals surface area contributed by atoms with Crippen LogP contribution in [0.1, 0.15) is 17.0 Å². The molecule has 4 heteroatoms. The maximum absolute atomic E-state index is 12.6. The molecule has 0 heterocycles. The van der Waals surface area contributed by atoms with Gasteiger partial charge in [0, 0.05) is 24.6 Å². The number of carbonyl (C=O) groups excluding carboxylic acids is 1. The fourth-order valence-electron chi connectivity index (χ4n) is 2.27. The molecule has 0 aliphatic rings. The third-order valence-electron chi connectivity index (χ3n) is 3.44. The highest BCUT2D eigenvalue weighted by atomic mass is 79.9. The minimum atomic E-state index is -0.286. The maximum atomic E-state index is 12.6. The van der Waals surface area contributed by atoms with E-state index in [0.717, 1.165) is 15.6 Å². The quantitative estimate of drug-likeness (QED) is 0.903. The lowest BCUT2D eigenvalue weighted by Crippen LogP contribution is -2.34. The summed E-state index contributed by atoms with van der Waals surface area (Å²) >= 11 is 3.41. The van der Waals surface area contributed by atoms with Gasteiger partial charge in [-0.15, -0.1) is 0 Å². The molecule has 0 bridgehead atoms. The third-order valence-corrected chi connectivity index (χ3v) is 3.97. The first-order valence-corrected chi connectivity index (χ1v) is 7.65. The first-order chi connectivity index (χ1) is 10.1. The first-order valence-electron chi connectivity index (χ1n) is 6.86. The Balaban J connectivity index is 2.08. The standard InChI is InChI=1S/C17H19BrN2O/c1-20(12-13-7-9-15(18)10-8-13)17(21)16(11-19)14-5-3-2-4-6-14/h2-10,16H,11-12,19H2,1H3. The number of halogens is 1. The Morgan fingerprint density at radius 1 is 1.14 bits per heavy atom. The van der Waals surface area contributed by atoms with Crippen molar-refractivity contribution in [3.8, 4) is 0 Å². The Morgan fingerprint density at radius 3 is 2.33 bits per heavy atom. The van der Waals surface area contributed by atoms with Crippen LogP contribution in [0.15, 0.2) is 59.1 Å². The van der Waals surface area contributed by atoms with E-state index in [-0.39, 0.29) is 11.8 Å². The van der Waals surface area contributed by atoms with Crippen LogP contribution >= 0.6 is 15.9 Å². The zero-order valence-corrected chi connectivity index (χ0v) is 13.6. The van der Waals surface area contributed by atoms with E-state index in [1.54, 1.807) is 4.90 Å². The van der Waals surface area contributed by atoms with Gasteiger partial charge in [0.25, 0.3) is 0 Å². The van der Waals surface area contributed by atoms with Crippen molar-refractivity contribution < 1.29 is 4.79 Å². The van der Waals surface area contributed by atoms with E-state index in [4.69, 9.17) is 5.73 Å². The van der Waals surface area contributed by atoms with Crippen molar-refractivity contribution in [2.24, 2.45) is 5.73 Å². The Kier molecular flexibility index (Phi) is 5.53. The van der Waals surface area contributed by atoms with Crippen molar-refractivity contribution in [1.29, 1.82) is 0 Å². The Morgan fingerprint density at radius 2 is 1.76 bits per heavy atom. The lowest BCUT2D eigenvalue weighted by molar-refractivity contribution is -0.131. The summed E-state index contributed by atoms with van der Waals surface area (Å²) in [6.45, 7) is 0.892. The summed E-state index contributed by atoms with van der Waals surface area (Å²) < 4.78 is 1.03. The van der Waals surface area contributed by atoms with Gasteiger partial charge in [0.15, 0.2) is 0 Å². The number of rotatable bonds is 5. The van der Waals surface area contributed by atoms with Gasteiger partial charge in [0.05, 0.1) is 5.92 Å². The number of amides is 1. The van der Waals surface area contributed by atoms with Crippen LogP contribution in [0, 0.1) is 0 Å². The summed E-state index contributed by atoms with van der Waals surface area (Å²) in [5, 5.41) is 0. The summed E-state index contributed by atoms with van der Waals surface area (Å²) in [4.78, 5) is 14.3. The highest BCUT2D eigenvalue weighted by molar-refractivity contribution is 9.10. The maximum Gasteiger partial charge on any atom is 0.231 e. The van der Waals surface area contributed by atoms with E-state index in [9.17, 15) is 4.79 Å². The molecule has 110 valence electrons. The Hall–Kier alpha value is -1.65. The van der Waals surface area contributed by atoms with Crippen LogP contribution in [0.5, 0.6) is 0 Å². The van der Waals surface area contributed by atoms with E-state index in [0.29, 0.717) is 13.1 Å². The highest BCUT2D eigenvalue weighted by Crippen LogP contribution is 2.18. The van der Waals surface area contributed by atoms with Crippen LogP contribution in [-0.2, 0) is 11.3 Å². The van der Waals surface area contributed by atoms with Crippen molar-refractivity contribution in [1.82, 2.24) is 4.90 Å². The predicted octanol–water partition coefficient (Wildman–Crippen LogP) is 3.15. The summed E-state index contributed by atoms with van der Waals surface area (Å²) in [6.07, 6.45) is 0. The van der Waals surface area contributed by atoms with E-state index in [1.165, 1.54) is 0 Å². The lowest BCUT2D eigenvalue weighted by Gasteiger charge is -2.23. The Bertz CT molecular complexity index is 583. The molecular weight excluding hydrogens is 328 g/mol. The normalized spacial score (nSPS) is 12.0. The zero-order valence-electron chi connectivity index (χ0n) is 12.0. The molecule has 0 aromatic heterocycles. The lowest BCUT2D eigenvalue weighted by atomic mass is 9.97. The number of nitrogens with two attached hydrogens (primary N) is 1. The van der Waals surface area contributed by atoms with Gasteiger partial charge in [-0.1, -0.05) is 58.4 Å². The molecule has 2 N–H and O–H groups in total. The molecule has 0 aliphatic heterocycles. The van der Waals surface area contributed by atoms with Crippen molar-refractivity contribution in [3.63, 3.8) is 0 Å². The number of hydrogen-bond donors (Lipinski definition) is 1. The first kappa shape index (κ1) is 15.7. The highest BCUT2D eigenvalue weighted by Gasteiger charge is 2.22. The van der Waals surface area contributed by atoms with Gasteiger partial charge in [-0.2, -0.15) is 0 Å². The van der Waals surface area contributed by atoms with Crippen molar-refractivity contribution in [2.45, 2.75) is 12.5 Å². The number of nitrogens with zero attached hydrogens (tertiary/aromatic N) is 1. The molecule has 0 spiro atoms. The summed E-state index contributed by atoms with van der Waals surface area (Å²) in [5.41, 5.74) is 7.86. The molecule has 0 saturated carbocycles. The molecule has 0 radical (unpaired) electrons. The summed E-state index contributed by atoms with van der Waals surface area (Å²) in [7, 11) is 1.82. The van der Waals surface area contributed by atoms with E-state index >= 15 is 0 Å². The molecule has 2 aromatic rings. The van der Waals surface area contributed by atoms with Gasteiger partial charge in [-0.05, 0) is 23.3 Å². The SMILES string of the molecule is CN(Cc1ccc(Br)cc1)C(=O)C(CN)c1ccccc1.